The van der Waals surface area contributed by atoms with Crippen molar-refractivity contribution in [2.75, 3.05) is 6.61 Å². The monoisotopic (exact) mass is 350 g/mol. The molecule has 1 aromatic carbocycles. The predicted octanol–water partition coefficient (Wildman–Crippen LogP) is 3.88. The summed E-state index contributed by atoms with van der Waals surface area (Å²) in [5, 5.41) is 0.518. The number of nitrogens with zero attached hydrogens (tertiary/aromatic N) is 2. The van der Waals surface area contributed by atoms with Crippen molar-refractivity contribution in [2.24, 2.45) is 0 Å². The summed E-state index contributed by atoms with van der Waals surface area (Å²) in [4.78, 5) is 29.2. The van der Waals surface area contributed by atoms with Crippen molar-refractivity contribution in [3.63, 3.8) is 0 Å². The fourth-order valence-electron chi connectivity index (χ4n) is 3.11. The number of hydrogen-bond acceptors (Lipinski definition) is 4. The fraction of sp³-hybridized carbons (Fsp3) is 0.286. The maximum Gasteiger partial charge on any atom is 0.343 e. The molecule has 0 atom stereocenters. The fourth-order valence-corrected chi connectivity index (χ4v) is 3.11. The van der Waals surface area contributed by atoms with Gasteiger partial charge in [-0.1, -0.05) is 6.07 Å². The molecule has 134 valence electrons. The highest BCUT2D eigenvalue weighted by Crippen LogP contribution is 2.26. The Morgan fingerprint density at radius 3 is 2.65 bits per heavy atom. The summed E-state index contributed by atoms with van der Waals surface area (Å²) in [6.07, 6.45) is 3.45. The SMILES string of the molecule is CCOC(=O)c1cn(CC)c2cc(-c3cc(C)ncc3C)ccc2c1=O. The molecule has 0 aliphatic heterocycles. The zero-order valence-corrected chi connectivity index (χ0v) is 15.5. The lowest BCUT2D eigenvalue weighted by atomic mass is 9.99. The Morgan fingerprint density at radius 1 is 1.19 bits per heavy atom. The van der Waals surface area contributed by atoms with E-state index in [1.807, 2.05) is 49.7 Å². The highest BCUT2D eigenvalue weighted by Gasteiger charge is 2.17. The van der Waals surface area contributed by atoms with Crippen LogP contribution in [0.25, 0.3) is 22.0 Å². The Bertz CT molecular complexity index is 1050. The topological polar surface area (TPSA) is 61.2 Å². The van der Waals surface area contributed by atoms with Crippen LogP contribution in [0, 0.1) is 13.8 Å². The van der Waals surface area contributed by atoms with Crippen LogP contribution >= 0.6 is 0 Å². The smallest absolute Gasteiger partial charge is 0.343 e. The van der Waals surface area contributed by atoms with E-state index < -0.39 is 5.97 Å². The number of aromatic nitrogens is 2. The molecule has 5 nitrogen and oxygen atoms in total. The van der Waals surface area contributed by atoms with Crippen LogP contribution in [0.15, 0.2) is 41.5 Å². The quantitative estimate of drug-likeness (QED) is 0.670. The zero-order valence-electron chi connectivity index (χ0n) is 15.5. The molecule has 0 aliphatic carbocycles. The first-order chi connectivity index (χ1) is 12.5. The van der Waals surface area contributed by atoms with Crippen molar-refractivity contribution < 1.29 is 9.53 Å². The van der Waals surface area contributed by atoms with E-state index in [1.54, 1.807) is 19.2 Å². The summed E-state index contributed by atoms with van der Waals surface area (Å²) in [7, 11) is 0. The van der Waals surface area contributed by atoms with Gasteiger partial charge >= 0.3 is 5.97 Å². The predicted molar refractivity (Wildman–Crippen MR) is 103 cm³/mol. The molecule has 3 aromatic rings. The minimum Gasteiger partial charge on any atom is -0.462 e. The Morgan fingerprint density at radius 2 is 1.96 bits per heavy atom. The molecule has 5 heteroatoms. The van der Waals surface area contributed by atoms with Crippen molar-refractivity contribution in [1.29, 1.82) is 0 Å². The molecule has 2 aromatic heterocycles. The largest absolute Gasteiger partial charge is 0.462 e. The van der Waals surface area contributed by atoms with Gasteiger partial charge in [0.15, 0.2) is 0 Å². The molecule has 0 amide bonds. The molecule has 0 spiro atoms. The second-order valence-corrected chi connectivity index (χ2v) is 6.25. The maximum absolute atomic E-state index is 12.8. The van der Waals surface area contributed by atoms with Gasteiger partial charge in [-0.15, -0.1) is 0 Å². The third-order valence-electron chi connectivity index (χ3n) is 4.47. The number of rotatable bonds is 4. The average molecular weight is 350 g/mol. The van der Waals surface area contributed by atoms with Crippen LogP contribution in [0.5, 0.6) is 0 Å². The van der Waals surface area contributed by atoms with E-state index in [9.17, 15) is 9.59 Å². The first-order valence-electron chi connectivity index (χ1n) is 8.74. The number of esters is 1. The van der Waals surface area contributed by atoms with Crippen molar-refractivity contribution in [3.8, 4) is 11.1 Å². The lowest BCUT2D eigenvalue weighted by Crippen LogP contribution is -2.20. The van der Waals surface area contributed by atoms with E-state index in [1.165, 1.54) is 0 Å². The van der Waals surface area contributed by atoms with Gasteiger partial charge in [0.25, 0.3) is 0 Å². The standard InChI is InChI=1S/C21H22N2O3/c1-5-23-12-18(21(25)26-6-2)20(24)16-8-7-15(10-19(16)23)17-9-14(4)22-11-13(17)3/h7-12H,5-6H2,1-4H3. The summed E-state index contributed by atoms with van der Waals surface area (Å²) < 4.78 is 6.93. The second kappa shape index (κ2) is 7.12. The number of hydrogen-bond donors (Lipinski definition) is 0. The summed E-state index contributed by atoms with van der Waals surface area (Å²) in [6, 6.07) is 7.74. The van der Waals surface area contributed by atoms with Crippen molar-refractivity contribution in [1.82, 2.24) is 9.55 Å². The van der Waals surface area contributed by atoms with Crippen molar-refractivity contribution >= 4 is 16.9 Å². The summed E-state index contributed by atoms with van der Waals surface area (Å²) in [5.74, 6) is -0.578. The van der Waals surface area contributed by atoms with Crippen LogP contribution in [0.3, 0.4) is 0 Å². The molecule has 0 N–H and O–H groups in total. The maximum atomic E-state index is 12.8. The van der Waals surface area contributed by atoms with Crippen LogP contribution in [0.2, 0.25) is 0 Å². The number of carbonyl (C=O) groups is 1. The Hall–Kier alpha value is -2.95. The third kappa shape index (κ3) is 3.12. The molecule has 0 saturated carbocycles. The molecule has 2 heterocycles. The lowest BCUT2D eigenvalue weighted by molar-refractivity contribution is 0.0524. The number of ether oxygens (including phenoxy) is 1. The van der Waals surface area contributed by atoms with Gasteiger partial charge in [-0.2, -0.15) is 0 Å². The first kappa shape index (κ1) is 17.9. The molecule has 0 fully saturated rings. The van der Waals surface area contributed by atoms with Crippen LogP contribution in [0.1, 0.15) is 35.5 Å². The van der Waals surface area contributed by atoms with Crippen LogP contribution < -0.4 is 5.43 Å². The lowest BCUT2D eigenvalue weighted by Gasteiger charge is -2.13. The van der Waals surface area contributed by atoms with Crippen LogP contribution in [-0.4, -0.2) is 22.1 Å². The number of aryl methyl sites for hydroxylation is 3. The van der Waals surface area contributed by atoms with Crippen molar-refractivity contribution in [3.05, 3.63) is 63.7 Å². The van der Waals surface area contributed by atoms with Crippen LogP contribution in [0.4, 0.5) is 0 Å². The van der Waals surface area contributed by atoms with Gasteiger partial charge in [-0.05, 0) is 62.6 Å². The second-order valence-electron chi connectivity index (χ2n) is 6.25. The molecule has 0 aliphatic rings. The highest BCUT2D eigenvalue weighted by atomic mass is 16.5. The summed E-state index contributed by atoms with van der Waals surface area (Å²) >= 11 is 0. The molecular formula is C21H22N2O3. The summed E-state index contributed by atoms with van der Waals surface area (Å²) in [6.45, 7) is 8.55. The Balaban J connectivity index is 2.25. The van der Waals surface area contributed by atoms with Crippen LogP contribution in [-0.2, 0) is 11.3 Å². The third-order valence-corrected chi connectivity index (χ3v) is 4.47. The molecular weight excluding hydrogens is 328 g/mol. The Labute approximate surface area is 152 Å². The van der Waals surface area contributed by atoms with E-state index in [4.69, 9.17) is 4.74 Å². The van der Waals surface area contributed by atoms with E-state index in [2.05, 4.69) is 4.98 Å². The van der Waals surface area contributed by atoms with E-state index >= 15 is 0 Å². The van der Waals surface area contributed by atoms with E-state index in [0.717, 1.165) is 27.9 Å². The molecule has 0 radical (unpaired) electrons. The van der Waals surface area contributed by atoms with Gasteiger partial charge in [0.05, 0.1) is 12.1 Å². The van der Waals surface area contributed by atoms with Gasteiger partial charge in [-0.25, -0.2) is 4.79 Å². The van der Waals surface area contributed by atoms with Gasteiger partial charge in [0.2, 0.25) is 5.43 Å². The number of benzene rings is 1. The molecule has 26 heavy (non-hydrogen) atoms. The van der Waals surface area contributed by atoms with Gasteiger partial charge < -0.3 is 9.30 Å². The Kier molecular flexibility index (Phi) is 4.89. The van der Waals surface area contributed by atoms with Gasteiger partial charge in [-0.3, -0.25) is 9.78 Å². The first-order valence-corrected chi connectivity index (χ1v) is 8.74. The summed E-state index contributed by atoms with van der Waals surface area (Å²) in [5.41, 5.74) is 4.70. The molecule has 3 rings (SSSR count). The normalized spacial score (nSPS) is 10.9. The van der Waals surface area contributed by atoms with Gasteiger partial charge in [0, 0.05) is 30.0 Å². The molecule has 0 bridgehead atoms. The van der Waals surface area contributed by atoms with Gasteiger partial charge in [0.1, 0.15) is 5.56 Å². The zero-order chi connectivity index (χ0) is 18.8. The van der Waals surface area contributed by atoms with E-state index in [0.29, 0.717) is 11.9 Å². The number of carbonyl (C=O) groups excluding carboxylic acids is 1. The van der Waals surface area contributed by atoms with Crippen molar-refractivity contribution in [2.45, 2.75) is 34.2 Å². The molecule has 0 unspecified atom stereocenters. The average Bonchev–Trinajstić information content (AvgIpc) is 2.64. The molecule has 0 saturated heterocycles. The van der Waals surface area contributed by atoms with E-state index in [-0.39, 0.29) is 17.6 Å². The number of fused-ring (bicyclic) bond motifs is 1. The highest BCUT2D eigenvalue weighted by molar-refractivity contribution is 5.95. The minimum atomic E-state index is -0.578. The minimum absolute atomic E-state index is 0.0740. The number of pyridine rings is 2.